The van der Waals surface area contributed by atoms with Crippen LogP contribution in [0.2, 0.25) is 6.32 Å². The summed E-state index contributed by atoms with van der Waals surface area (Å²) in [6.07, 6.45) is 4.73. The molecule has 8 nitrogen and oxygen atoms in total. The van der Waals surface area contributed by atoms with E-state index >= 15 is 0 Å². The number of carbonyl (C=O) groups is 2. The Hall–Kier alpha value is -2.89. The number of anilines is 1. The van der Waals surface area contributed by atoms with Crippen LogP contribution in [0.5, 0.6) is 0 Å². The molecule has 1 saturated heterocycles. The molecule has 0 spiro atoms. The molecule has 1 amide bonds. The molecule has 1 radical (unpaired) electrons. The van der Waals surface area contributed by atoms with Crippen LogP contribution < -0.4 is 4.90 Å². The van der Waals surface area contributed by atoms with Crippen LogP contribution in [0.1, 0.15) is 40.5 Å². The second kappa shape index (κ2) is 10.2. The molecular formula is C23H32BN6O2. The van der Waals surface area contributed by atoms with Crippen molar-refractivity contribution in [3.8, 4) is 6.07 Å². The maximum absolute atomic E-state index is 12.8. The molecule has 0 saturated carbocycles. The van der Waals surface area contributed by atoms with Gasteiger partial charge in [0.25, 0.3) is 0 Å². The van der Waals surface area contributed by atoms with Gasteiger partial charge in [-0.1, -0.05) is 34.0 Å². The van der Waals surface area contributed by atoms with Crippen LogP contribution in [0.25, 0.3) is 11.0 Å². The van der Waals surface area contributed by atoms with Gasteiger partial charge in [0.1, 0.15) is 18.6 Å². The number of hydrogen-bond acceptors (Lipinski definition) is 6. The average molecular weight is 435 g/mol. The SMILES string of the molecule is CC(C)C(C)C[B]C(=O)n1ccc2c(N(C)C3CN(C(=O)CC#N)CC[C@H]3C)ncnc21. The average Bonchev–Trinajstić information content (AvgIpc) is 3.21. The molecule has 1 aliphatic heterocycles. The van der Waals surface area contributed by atoms with Gasteiger partial charge in [0, 0.05) is 26.3 Å². The molecule has 3 atom stereocenters. The van der Waals surface area contributed by atoms with Gasteiger partial charge in [-0.15, -0.1) is 0 Å². The van der Waals surface area contributed by atoms with E-state index in [4.69, 9.17) is 5.26 Å². The largest absolute Gasteiger partial charge is 0.354 e. The first-order chi connectivity index (χ1) is 15.2. The van der Waals surface area contributed by atoms with Crippen molar-refractivity contribution in [2.75, 3.05) is 25.0 Å². The lowest BCUT2D eigenvalue weighted by Crippen LogP contribution is -2.52. The molecule has 1 fully saturated rings. The van der Waals surface area contributed by atoms with Crippen LogP contribution in [-0.4, -0.2) is 64.6 Å². The van der Waals surface area contributed by atoms with Crippen LogP contribution in [0.15, 0.2) is 18.6 Å². The van der Waals surface area contributed by atoms with Crippen molar-refractivity contribution in [2.24, 2.45) is 17.8 Å². The highest BCUT2D eigenvalue weighted by Crippen LogP contribution is 2.29. The summed E-state index contributed by atoms with van der Waals surface area (Å²) in [5.74, 6) is 1.82. The zero-order valence-electron chi connectivity index (χ0n) is 19.7. The van der Waals surface area contributed by atoms with E-state index in [1.54, 1.807) is 22.9 Å². The van der Waals surface area contributed by atoms with E-state index in [1.165, 1.54) is 6.33 Å². The van der Waals surface area contributed by atoms with E-state index in [0.717, 1.165) is 23.9 Å². The summed E-state index contributed by atoms with van der Waals surface area (Å²) in [4.78, 5) is 37.8. The topological polar surface area (TPSA) is 95.1 Å². The van der Waals surface area contributed by atoms with Crippen molar-refractivity contribution >= 4 is 35.8 Å². The van der Waals surface area contributed by atoms with E-state index in [0.29, 0.717) is 36.5 Å². The first kappa shape index (κ1) is 23.8. The Bertz CT molecular complexity index is 1010. The number of nitriles is 1. The molecule has 0 aromatic carbocycles. The molecule has 2 unspecified atom stereocenters. The van der Waals surface area contributed by atoms with Crippen LogP contribution in [0, 0.1) is 29.1 Å². The predicted octanol–water partition coefficient (Wildman–Crippen LogP) is 3.40. The second-order valence-corrected chi connectivity index (χ2v) is 9.24. The predicted molar refractivity (Wildman–Crippen MR) is 126 cm³/mol. The van der Waals surface area contributed by atoms with Crippen LogP contribution in [0.4, 0.5) is 10.6 Å². The van der Waals surface area contributed by atoms with E-state index < -0.39 is 0 Å². The monoisotopic (exact) mass is 435 g/mol. The molecule has 1 aliphatic rings. The number of likely N-dealkylation sites (tertiary alicyclic amines) is 1. The third-order valence-corrected chi connectivity index (χ3v) is 6.83. The van der Waals surface area contributed by atoms with Crippen molar-refractivity contribution in [1.29, 1.82) is 5.26 Å². The zero-order valence-corrected chi connectivity index (χ0v) is 19.7. The number of rotatable bonds is 7. The normalized spacial score (nSPS) is 19.6. The Labute approximate surface area is 190 Å². The molecule has 0 aliphatic carbocycles. The van der Waals surface area contributed by atoms with E-state index in [-0.39, 0.29) is 24.2 Å². The second-order valence-electron chi connectivity index (χ2n) is 9.24. The summed E-state index contributed by atoms with van der Waals surface area (Å²) in [6, 6.07) is 3.89. The fraction of sp³-hybridized carbons (Fsp3) is 0.609. The molecule has 169 valence electrons. The van der Waals surface area contributed by atoms with Gasteiger partial charge in [-0.3, -0.25) is 14.2 Å². The third-order valence-electron chi connectivity index (χ3n) is 6.83. The van der Waals surface area contributed by atoms with Crippen LogP contribution in [-0.2, 0) is 4.79 Å². The minimum absolute atomic E-state index is 0.0574. The van der Waals surface area contributed by atoms with Crippen LogP contribution in [0.3, 0.4) is 0 Å². The molecule has 2 aromatic rings. The maximum Gasteiger partial charge on any atom is 0.236 e. The summed E-state index contributed by atoms with van der Waals surface area (Å²) in [5, 5.41) is 9.68. The number of nitrogens with zero attached hydrogens (tertiary/aromatic N) is 6. The Kier molecular flexibility index (Phi) is 7.54. The lowest BCUT2D eigenvalue weighted by atomic mass is 9.67. The molecule has 9 heteroatoms. The van der Waals surface area contributed by atoms with Gasteiger partial charge >= 0.3 is 0 Å². The maximum atomic E-state index is 12.8. The van der Waals surface area contributed by atoms with Crippen molar-refractivity contribution in [3.05, 3.63) is 18.6 Å². The van der Waals surface area contributed by atoms with Gasteiger partial charge in [-0.2, -0.15) is 5.26 Å². The van der Waals surface area contributed by atoms with E-state index in [1.807, 2.05) is 19.2 Å². The fourth-order valence-electron chi connectivity index (χ4n) is 4.17. The third kappa shape index (κ3) is 4.95. The number of amides is 1. The van der Waals surface area contributed by atoms with Gasteiger partial charge in [0.05, 0.1) is 17.5 Å². The molecule has 0 N–H and O–H groups in total. The number of piperidine rings is 1. The lowest BCUT2D eigenvalue weighted by molar-refractivity contribution is -0.131. The summed E-state index contributed by atoms with van der Waals surface area (Å²) in [6.45, 7) is 9.85. The number of aromatic nitrogens is 3. The van der Waals surface area contributed by atoms with Crippen molar-refractivity contribution < 1.29 is 9.59 Å². The standard InChI is InChI=1S/C23H32BN6O2/c1-15(2)17(4)12-24-23(32)30-11-8-18-21(26-14-27-22(18)30)28(5)19-13-29(10-7-16(19)3)20(31)6-9-25/h8,11,14-17,19H,6-7,10,12-13H2,1-5H3/t16-,17?,19?/m1/s1. The summed E-state index contributed by atoms with van der Waals surface area (Å²) in [5.41, 5.74) is 0.584. The number of hydrogen-bond donors (Lipinski definition) is 0. The van der Waals surface area contributed by atoms with E-state index in [2.05, 4.69) is 42.6 Å². The summed E-state index contributed by atoms with van der Waals surface area (Å²) in [7, 11) is 3.70. The van der Waals surface area contributed by atoms with Crippen molar-refractivity contribution in [3.63, 3.8) is 0 Å². The van der Waals surface area contributed by atoms with E-state index in [9.17, 15) is 9.59 Å². The van der Waals surface area contributed by atoms with Crippen molar-refractivity contribution in [2.45, 2.75) is 52.9 Å². The number of carbonyl (C=O) groups excluding carboxylic acids is 2. The van der Waals surface area contributed by atoms with Gasteiger partial charge in [0.15, 0.2) is 11.5 Å². The van der Waals surface area contributed by atoms with Gasteiger partial charge < -0.3 is 9.80 Å². The molecule has 32 heavy (non-hydrogen) atoms. The molecule has 0 bridgehead atoms. The molecule has 2 aromatic heterocycles. The minimum atomic E-state index is -0.131. The smallest absolute Gasteiger partial charge is 0.236 e. The highest BCUT2D eigenvalue weighted by molar-refractivity contribution is 6.74. The summed E-state index contributed by atoms with van der Waals surface area (Å²) >= 11 is 0. The quantitative estimate of drug-likeness (QED) is 0.619. The Morgan fingerprint density at radius 2 is 2.09 bits per heavy atom. The zero-order chi connectivity index (χ0) is 23.4. The molecule has 3 heterocycles. The Morgan fingerprint density at radius 3 is 2.78 bits per heavy atom. The van der Waals surface area contributed by atoms with Gasteiger partial charge in [-0.05, 0) is 30.2 Å². The highest BCUT2D eigenvalue weighted by atomic mass is 16.2. The first-order valence-electron chi connectivity index (χ1n) is 11.3. The number of fused-ring (bicyclic) bond motifs is 1. The Balaban J connectivity index is 1.82. The van der Waals surface area contributed by atoms with Crippen LogP contribution >= 0.6 is 0 Å². The fourth-order valence-corrected chi connectivity index (χ4v) is 4.17. The number of likely N-dealkylation sites (N-methyl/N-ethyl adjacent to an activating group) is 1. The first-order valence-corrected chi connectivity index (χ1v) is 11.3. The molecular weight excluding hydrogens is 403 g/mol. The Morgan fingerprint density at radius 1 is 1.34 bits per heavy atom. The van der Waals surface area contributed by atoms with Gasteiger partial charge in [0.2, 0.25) is 13.2 Å². The minimum Gasteiger partial charge on any atom is -0.354 e. The lowest BCUT2D eigenvalue weighted by Gasteiger charge is -2.42. The van der Waals surface area contributed by atoms with Gasteiger partial charge in [-0.25, -0.2) is 9.97 Å². The van der Waals surface area contributed by atoms with Crippen molar-refractivity contribution in [1.82, 2.24) is 19.4 Å². The summed E-state index contributed by atoms with van der Waals surface area (Å²) < 4.78 is 1.58. The molecule has 3 rings (SSSR count). The highest BCUT2D eigenvalue weighted by Gasteiger charge is 2.32.